The maximum absolute atomic E-state index is 10.5. The van der Waals surface area contributed by atoms with Crippen LogP contribution in [0.4, 0.5) is 0 Å². The number of aliphatic carboxylic acids is 1. The van der Waals surface area contributed by atoms with E-state index in [0.717, 1.165) is 31.6 Å². The Morgan fingerprint density at radius 2 is 1.73 bits per heavy atom. The Labute approximate surface area is 81.6 Å². The van der Waals surface area contributed by atoms with Gasteiger partial charge in [0.2, 0.25) is 0 Å². The number of rotatable bonds is 1. The fraction of sp³-hybridized carbons (Fsp3) is 0.875. The number of carbonyl (C=O) groups is 1. The van der Waals surface area contributed by atoms with Crippen LogP contribution in [0.2, 0.25) is 0 Å². The Bertz CT molecular complexity index is 128. The van der Waals surface area contributed by atoms with Gasteiger partial charge < -0.3 is 5.11 Å². The molecule has 0 saturated heterocycles. The zero-order valence-corrected chi connectivity index (χ0v) is 8.75. The van der Waals surface area contributed by atoms with E-state index in [9.17, 15) is 4.79 Å². The Morgan fingerprint density at radius 1 is 1.27 bits per heavy atom. The van der Waals surface area contributed by atoms with Crippen molar-refractivity contribution in [1.29, 1.82) is 0 Å². The van der Waals surface area contributed by atoms with E-state index in [1.807, 2.05) is 0 Å². The van der Waals surface area contributed by atoms with Crippen molar-refractivity contribution < 1.29 is 31.0 Å². The van der Waals surface area contributed by atoms with Crippen LogP contribution < -0.4 is 0 Å². The molecule has 1 aliphatic carbocycles. The molecule has 0 atom stereocenters. The molecule has 1 N–H and O–H groups in total. The molecule has 0 amide bonds. The van der Waals surface area contributed by atoms with Gasteiger partial charge in [0.1, 0.15) is 0 Å². The van der Waals surface area contributed by atoms with Gasteiger partial charge in [-0.3, -0.25) is 4.79 Å². The van der Waals surface area contributed by atoms with E-state index < -0.39 is 5.97 Å². The van der Waals surface area contributed by atoms with Crippen molar-refractivity contribution in [3.63, 3.8) is 0 Å². The molecule has 0 radical (unpaired) electrons. The first-order valence-corrected chi connectivity index (χ1v) is 3.93. The third-order valence-corrected chi connectivity index (χ3v) is 2.37. The van der Waals surface area contributed by atoms with Crippen molar-refractivity contribution in [1.82, 2.24) is 0 Å². The molecule has 0 aromatic carbocycles. The Kier molecular flexibility index (Phi) is 4.99. The van der Waals surface area contributed by atoms with Crippen molar-refractivity contribution in [2.75, 3.05) is 0 Å². The van der Waals surface area contributed by atoms with E-state index in [1.54, 1.807) is 0 Å². The second-order valence-electron chi connectivity index (χ2n) is 3.30. The van der Waals surface area contributed by atoms with Crippen molar-refractivity contribution in [2.45, 2.75) is 32.6 Å². The van der Waals surface area contributed by atoms with Gasteiger partial charge in [0.15, 0.2) is 0 Å². The topological polar surface area (TPSA) is 37.3 Å². The van der Waals surface area contributed by atoms with Crippen LogP contribution in [0, 0.1) is 11.8 Å². The van der Waals surface area contributed by atoms with E-state index in [-0.39, 0.29) is 27.0 Å². The molecule has 2 nitrogen and oxygen atoms in total. The zero-order chi connectivity index (χ0) is 7.56. The van der Waals surface area contributed by atoms with Gasteiger partial charge in [0.25, 0.3) is 0 Å². The van der Waals surface area contributed by atoms with E-state index >= 15 is 0 Å². The van der Waals surface area contributed by atoms with Crippen LogP contribution in [0.5, 0.6) is 0 Å². The first-order valence-electron chi connectivity index (χ1n) is 3.93. The summed E-state index contributed by atoms with van der Waals surface area (Å²) in [5, 5.41) is 8.62. The predicted molar refractivity (Wildman–Crippen MR) is 38.8 cm³/mol. The van der Waals surface area contributed by atoms with Crippen molar-refractivity contribution in [3.8, 4) is 0 Å². The summed E-state index contributed by atoms with van der Waals surface area (Å²) >= 11 is 0. The summed E-state index contributed by atoms with van der Waals surface area (Å²) in [6.07, 6.45) is 3.96. The molecule has 0 aromatic rings. The summed E-state index contributed by atoms with van der Waals surface area (Å²) in [5.41, 5.74) is 0. The van der Waals surface area contributed by atoms with E-state index in [1.165, 1.54) is 0 Å². The summed E-state index contributed by atoms with van der Waals surface area (Å²) in [6, 6.07) is 0. The molecule has 0 spiro atoms. The molecular formula is C8H14MoO2. The second-order valence-corrected chi connectivity index (χ2v) is 3.30. The number of carboxylic acid groups (broad SMARTS) is 1. The quantitative estimate of drug-likeness (QED) is 0.708. The van der Waals surface area contributed by atoms with Gasteiger partial charge in [-0.25, -0.2) is 0 Å². The van der Waals surface area contributed by atoms with E-state index in [2.05, 4.69) is 6.92 Å². The van der Waals surface area contributed by atoms with Crippen LogP contribution >= 0.6 is 0 Å². The minimum absolute atomic E-state index is 0. The first-order chi connectivity index (χ1) is 4.70. The summed E-state index contributed by atoms with van der Waals surface area (Å²) in [5.74, 6) is 0.0960. The number of hydrogen-bond donors (Lipinski definition) is 1. The molecule has 0 aromatic heterocycles. The van der Waals surface area contributed by atoms with E-state index in [4.69, 9.17) is 5.11 Å². The van der Waals surface area contributed by atoms with Crippen LogP contribution in [0.1, 0.15) is 32.6 Å². The summed E-state index contributed by atoms with van der Waals surface area (Å²) in [7, 11) is 0. The molecule has 11 heavy (non-hydrogen) atoms. The monoisotopic (exact) mass is 240 g/mol. The average Bonchev–Trinajstić information content (AvgIpc) is 1.88. The SMILES string of the molecule is CC1CCC(C(=O)O)CC1.[Mo]. The molecule has 1 fully saturated rings. The summed E-state index contributed by atoms with van der Waals surface area (Å²) in [4.78, 5) is 10.5. The van der Waals surface area contributed by atoms with Gasteiger partial charge in [-0.15, -0.1) is 0 Å². The van der Waals surface area contributed by atoms with Gasteiger partial charge in [-0.2, -0.15) is 0 Å². The fourth-order valence-corrected chi connectivity index (χ4v) is 1.51. The molecule has 64 valence electrons. The normalized spacial score (nSPS) is 30.6. The molecule has 0 unspecified atom stereocenters. The van der Waals surface area contributed by atoms with Crippen LogP contribution in [0.15, 0.2) is 0 Å². The smallest absolute Gasteiger partial charge is 0.306 e. The molecular weight excluding hydrogens is 224 g/mol. The van der Waals surface area contributed by atoms with E-state index in [0.29, 0.717) is 0 Å². The first kappa shape index (κ1) is 11.2. The van der Waals surface area contributed by atoms with Gasteiger partial charge in [0, 0.05) is 21.1 Å². The third-order valence-electron chi connectivity index (χ3n) is 2.37. The van der Waals surface area contributed by atoms with Crippen LogP contribution in [0.3, 0.4) is 0 Å². The van der Waals surface area contributed by atoms with Crippen molar-refractivity contribution >= 4 is 5.97 Å². The minimum atomic E-state index is -0.605. The number of hydrogen-bond acceptors (Lipinski definition) is 1. The Hall–Kier alpha value is 0.158. The minimum Gasteiger partial charge on any atom is -0.481 e. The largest absolute Gasteiger partial charge is 0.481 e. The Morgan fingerprint density at radius 3 is 2.09 bits per heavy atom. The second kappa shape index (κ2) is 4.92. The maximum Gasteiger partial charge on any atom is 0.306 e. The molecule has 1 aliphatic rings. The van der Waals surface area contributed by atoms with Crippen molar-refractivity contribution in [2.24, 2.45) is 11.8 Å². The molecule has 0 aliphatic heterocycles. The molecule has 1 rings (SSSR count). The molecule has 0 heterocycles. The summed E-state index contributed by atoms with van der Waals surface area (Å²) in [6.45, 7) is 2.19. The number of carboxylic acids is 1. The summed E-state index contributed by atoms with van der Waals surface area (Å²) < 4.78 is 0. The fourth-order valence-electron chi connectivity index (χ4n) is 1.51. The Balaban J connectivity index is 0.000001000. The molecule has 1 saturated carbocycles. The average molecular weight is 238 g/mol. The van der Waals surface area contributed by atoms with Gasteiger partial charge in [-0.05, 0) is 31.6 Å². The van der Waals surface area contributed by atoms with Crippen LogP contribution in [-0.2, 0) is 25.9 Å². The predicted octanol–water partition coefficient (Wildman–Crippen LogP) is 1.89. The molecule has 3 heteroatoms. The molecule has 0 bridgehead atoms. The van der Waals surface area contributed by atoms with Crippen LogP contribution in [-0.4, -0.2) is 11.1 Å². The standard InChI is InChI=1S/C8H14O2.Mo/c1-6-2-4-7(5-3-6)8(9)10;/h6-7H,2-5H2,1H3,(H,9,10);. The van der Waals surface area contributed by atoms with Crippen LogP contribution in [0.25, 0.3) is 0 Å². The maximum atomic E-state index is 10.5. The van der Waals surface area contributed by atoms with Gasteiger partial charge in [0.05, 0.1) is 5.92 Å². The van der Waals surface area contributed by atoms with Gasteiger partial charge in [-0.1, -0.05) is 6.92 Å². The van der Waals surface area contributed by atoms with Crippen molar-refractivity contribution in [3.05, 3.63) is 0 Å². The van der Waals surface area contributed by atoms with Gasteiger partial charge >= 0.3 is 5.97 Å². The third kappa shape index (κ3) is 3.37. The zero-order valence-electron chi connectivity index (χ0n) is 6.75.